The van der Waals surface area contributed by atoms with Gasteiger partial charge < -0.3 is 19.7 Å². The van der Waals surface area contributed by atoms with Crippen molar-refractivity contribution in [2.24, 2.45) is 0 Å². The highest BCUT2D eigenvalue weighted by Crippen LogP contribution is 2.40. The molecule has 2 aromatic carbocycles. The maximum atomic E-state index is 12.6. The normalized spacial score (nSPS) is 12.0. The summed E-state index contributed by atoms with van der Waals surface area (Å²) >= 11 is 7.65. The van der Waals surface area contributed by atoms with Gasteiger partial charge in [0.15, 0.2) is 11.5 Å². The van der Waals surface area contributed by atoms with E-state index in [9.17, 15) is 9.59 Å². The molecule has 0 aliphatic carbocycles. The molecule has 2 aromatic rings. The van der Waals surface area contributed by atoms with Gasteiger partial charge >= 0.3 is 0 Å². The average molecular weight is 393 g/mol. The lowest BCUT2D eigenvalue weighted by Gasteiger charge is -2.18. The molecule has 0 saturated heterocycles. The number of nitrogens with one attached hydrogen (secondary N) is 1. The average Bonchev–Trinajstić information content (AvgIpc) is 3.10. The summed E-state index contributed by atoms with van der Waals surface area (Å²) in [4.78, 5) is 27.2. The lowest BCUT2D eigenvalue weighted by molar-refractivity contribution is -0.116. The third kappa shape index (κ3) is 3.89. The SMILES string of the molecule is CSc1ccccc1NC(=O)CN(C)C(=O)c1cc(Cl)c2c(c1)OCO2. The molecule has 3 rings (SSSR count). The van der Waals surface area contributed by atoms with E-state index in [1.54, 1.807) is 13.1 Å². The summed E-state index contributed by atoms with van der Waals surface area (Å²) in [7, 11) is 1.56. The van der Waals surface area contributed by atoms with Crippen LogP contribution in [0.4, 0.5) is 5.69 Å². The Labute approximate surface area is 160 Å². The van der Waals surface area contributed by atoms with Crippen molar-refractivity contribution in [1.82, 2.24) is 4.90 Å². The Balaban J connectivity index is 1.68. The zero-order valence-corrected chi connectivity index (χ0v) is 15.8. The topological polar surface area (TPSA) is 67.9 Å². The van der Waals surface area contributed by atoms with E-state index < -0.39 is 0 Å². The summed E-state index contributed by atoms with van der Waals surface area (Å²) in [6.45, 7) is -0.0204. The number of carbonyl (C=O) groups is 2. The molecule has 0 atom stereocenters. The molecule has 1 aliphatic rings. The number of carbonyl (C=O) groups excluding carboxylic acids is 2. The molecule has 0 bridgehead atoms. The van der Waals surface area contributed by atoms with Gasteiger partial charge in [-0.05, 0) is 30.5 Å². The van der Waals surface area contributed by atoms with Gasteiger partial charge in [0.2, 0.25) is 12.7 Å². The quantitative estimate of drug-likeness (QED) is 0.789. The summed E-state index contributed by atoms with van der Waals surface area (Å²) in [6.07, 6.45) is 1.93. The van der Waals surface area contributed by atoms with Gasteiger partial charge in [-0.15, -0.1) is 11.8 Å². The van der Waals surface area contributed by atoms with Crippen molar-refractivity contribution in [3.05, 3.63) is 47.0 Å². The van der Waals surface area contributed by atoms with E-state index in [1.165, 1.54) is 22.7 Å². The Hall–Kier alpha value is -2.38. The van der Waals surface area contributed by atoms with Crippen LogP contribution in [-0.4, -0.2) is 43.4 Å². The smallest absolute Gasteiger partial charge is 0.254 e. The van der Waals surface area contributed by atoms with Crippen molar-refractivity contribution in [2.45, 2.75) is 4.90 Å². The highest BCUT2D eigenvalue weighted by atomic mass is 35.5. The highest BCUT2D eigenvalue weighted by Gasteiger charge is 2.23. The maximum absolute atomic E-state index is 12.6. The minimum Gasteiger partial charge on any atom is -0.454 e. The number of thioether (sulfide) groups is 1. The van der Waals surface area contributed by atoms with Gasteiger partial charge in [-0.1, -0.05) is 23.7 Å². The van der Waals surface area contributed by atoms with E-state index in [1.807, 2.05) is 30.5 Å². The molecule has 0 spiro atoms. The van der Waals surface area contributed by atoms with E-state index in [0.29, 0.717) is 22.1 Å². The number of ether oxygens (including phenoxy) is 2. The molecule has 136 valence electrons. The second-order valence-electron chi connectivity index (χ2n) is 5.60. The number of hydrogen-bond acceptors (Lipinski definition) is 5. The van der Waals surface area contributed by atoms with Gasteiger partial charge in [-0.2, -0.15) is 0 Å². The Morgan fingerprint density at radius 1 is 1.27 bits per heavy atom. The third-order valence-corrected chi connectivity index (χ3v) is 4.86. The van der Waals surface area contributed by atoms with Crippen LogP contribution in [0.2, 0.25) is 5.02 Å². The summed E-state index contributed by atoms with van der Waals surface area (Å²) < 4.78 is 10.5. The van der Waals surface area contributed by atoms with Gasteiger partial charge in [0.25, 0.3) is 5.91 Å². The molecule has 6 nitrogen and oxygen atoms in total. The molecule has 8 heteroatoms. The number of rotatable bonds is 5. The van der Waals surface area contributed by atoms with Gasteiger partial charge in [0.1, 0.15) is 0 Å². The van der Waals surface area contributed by atoms with Crippen molar-refractivity contribution in [3.63, 3.8) is 0 Å². The monoisotopic (exact) mass is 392 g/mol. The van der Waals surface area contributed by atoms with E-state index in [4.69, 9.17) is 21.1 Å². The number of halogens is 1. The number of likely N-dealkylation sites (N-methyl/N-ethyl adjacent to an activating group) is 1. The van der Waals surface area contributed by atoms with Crippen LogP contribution in [0, 0.1) is 0 Å². The predicted molar refractivity (Wildman–Crippen MR) is 101 cm³/mol. The van der Waals surface area contributed by atoms with E-state index in [-0.39, 0.29) is 25.2 Å². The number of hydrogen-bond donors (Lipinski definition) is 1. The number of para-hydroxylation sites is 1. The molecule has 0 fully saturated rings. The summed E-state index contributed by atoms with van der Waals surface area (Å²) in [5.41, 5.74) is 1.05. The van der Waals surface area contributed by atoms with Gasteiger partial charge in [0, 0.05) is 17.5 Å². The Bertz CT molecular complexity index is 859. The third-order valence-electron chi connectivity index (χ3n) is 3.78. The molecule has 1 aliphatic heterocycles. The van der Waals surface area contributed by atoms with Crippen LogP contribution in [0.3, 0.4) is 0 Å². The van der Waals surface area contributed by atoms with Crippen LogP contribution in [0.5, 0.6) is 11.5 Å². The Morgan fingerprint density at radius 2 is 2.04 bits per heavy atom. The first-order valence-electron chi connectivity index (χ1n) is 7.77. The first-order valence-corrected chi connectivity index (χ1v) is 9.37. The fourth-order valence-electron chi connectivity index (χ4n) is 2.54. The van der Waals surface area contributed by atoms with Crippen molar-refractivity contribution >= 4 is 40.9 Å². The predicted octanol–water partition coefficient (Wildman–Crippen LogP) is 3.50. The van der Waals surface area contributed by atoms with Crippen LogP contribution in [0.1, 0.15) is 10.4 Å². The molecular weight excluding hydrogens is 376 g/mol. The second kappa shape index (κ2) is 7.88. The molecule has 2 amide bonds. The first kappa shape index (κ1) is 18.4. The van der Waals surface area contributed by atoms with Gasteiger partial charge in [0.05, 0.1) is 17.3 Å². The number of fused-ring (bicyclic) bond motifs is 1. The van der Waals surface area contributed by atoms with E-state index in [0.717, 1.165) is 10.6 Å². The number of amides is 2. The molecule has 1 heterocycles. The Kier molecular flexibility index (Phi) is 5.58. The summed E-state index contributed by atoms with van der Waals surface area (Å²) in [5.74, 6) is 0.234. The molecule has 0 radical (unpaired) electrons. The number of anilines is 1. The fourth-order valence-corrected chi connectivity index (χ4v) is 3.35. The number of nitrogens with zero attached hydrogens (tertiary/aromatic N) is 1. The van der Waals surface area contributed by atoms with Crippen LogP contribution < -0.4 is 14.8 Å². The van der Waals surface area contributed by atoms with Crippen LogP contribution in [0.15, 0.2) is 41.3 Å². The fraction of sp³-hybridized carbons (Fsp3) is 0.222. The maximum Gasteiger partial charge on any atom is 0.254 e. The molecule has 1 N–H and O–H groups in total. The first-order chi connectivity index (χ1) is 12.5. The van der Waals surface area contributed by atoms with Crippen LogP contribution >= 0.6 is 23.4 Å². The highest BCUT2D eigenvalue weighted by molar-refractivity contribution is 7.98. The van der Waals surface area contributed by atoms with Crippen LogP contribution in [0.25, 0.3) is 0 Å². The molecule has 0 aromatic heterocycles. The zero-order chi connectivity index (χ0) is 18.7. The van der Waals surface area contributed by atoms with Crippen molar-refractivity contribution < 1.29 is 19.1 Å². The minimum absolute atomic E-state index is 0.0692. The van der Waals surface area contributed by atoms with Gasteiger partial charge in [-0.3, -0.25) is 9.59 Å². The molecule has 26 heavy (non-hydrogen) atoms. The van der Waals surface area contributed by atoms with Crippen LogP contribution in [-0.2, 0) is 4.79 Å². The van der Waals surface area contributed by atoms with Crippen molar-refractivity contribution in [1.29, 1.82) is 0 Å². The van der Waals surface area contributed by atoms with E-state index >= 15 is 0 Å². The number of benzene rings is 2. The Morgan fingerprint density at radius 3 is 2.81 bits per heavy atom. The van der Waals surface area contributed by atoms with Crippen molar-refractivity contribution in [2.75, 3.05) is 32.0 Å². The zero-order valence-electron chi connectivity index (χ0n) is 14.2. The molecular formula is C18H17ClN2O4S. The minimum atomic E-state index is -0.335. The lowest BCUT2D eigenvalue weighted by Crippen LogP contribution is -2.35. The summed E-state index contributed by atoms with van der Waals surface area (Å²) in [5, 5.41) is 3.13. The van der Waals surface area contributed by atoms with Crippen molar-refractivity contribution in [3.8, 4) is 11.5 Å². The standard InChI is InChI=1S/C18H17ClN2O4S/c1-21(9-16(22)20-13-5-3-4-6-15(13)26-2)18(23)11-7-12(19)17-14(8-11)24-10-25-17/h3-8H,9-10H2,1-2H3,(H,20,22). The second-order valence-corrected chi connectivity index (χ2v) is 6.86. The van der Waals surface area contributed by atoms with E-state index in [2.05, 4.69) is 5.32 Å². The molecule has 0 saturated carbocycles. The summed E-state index contributed by atoms with van der Waals surface area (Å²) in [6, 6.07) is 10.6. The largest absolute Gasteiger partial charge is 0.454 e. The van der Waals surface area contributed by atoms with Gasteiger partial charge in [-0.25, -0.2) is 0 Å². The lowest BCUT2D eigenvalue weighted by atomic mass is 10.1. The molecule has 0 unspecified atom stereocenters.